The van der Waals surface area contributed by atoms with E-state index >= 15 is 0 Å². The molecule has 1 fully saturated rings. The third-order valence-corrected chi connectivity index (χ3v) is 5.34. The normalized spacial score (nSPS) is 16.1. The maximum absolute atomic E-state index is 13.2. The van der Waals surface area contributed by atoms with Gasteiger partial charge in [-0.2, -0.15) is 0 Å². The maximum atomic E-state index is 13.2. The number of hydrogen-bond acceptors (Lipinski definition) is 5. The van der Waals surface area contributed by atoms with E-state index in [0.717, 1.165) is 35.2 Å². The Bertz CT molecular complexity index is 973. The number of piperazine rings is 1. The van der Waals surface area contributed by atoms with Crippen LogP contribution < -0.4 is 5.32 Å². The molecular formula is C21H25N5O3. The first kappa shape index (κ1) is 19.2. The van der Waals surface area contributed by atoms with Crippen molar-refractivity contribution in [1.82, 2.24) is 25.3 Å². The molecule has 8 nitrogen and oxygen atoms in total. The Morgan fingerprint density at radius 2 is 2.00 bits per heavy atom. The highest BCUT2D eigenvalue weighted by Crippen LogP contribution is 2.20. The van der Waals surface area contributed by atoms with Gasteiger partial charge in [-0.25, -0.2) is 0 Å². The fourth-order valence-corrected chi connectivity index (χ4v) is 3.86. The van der Waals surface area contributed by atoms with Crippen molar-refractivity contribution in [3.8, 4) is 0 Å². The molecule has 29 heavy (non-hydrogen) atoms. The molecule has 1 saturated heterocycles. The van der Waals surface area contributed by atoms with Gasteiger partial charge in [-0.1, -0.05) is 23.4 Å². The lowest BCUT2D eigenvalue weighted by atomic mass is 10.0. The number of fused-ring (bicyclic) bond motifs is 1. The first-order valence-corrected chi connectivity index (χ1v) is 9.82. The lowest BCUT2D eigenvalue weighted by Crippen LogP contribution is -2.55. The van der Waals surface area contributed by atoms with Gasteiger partial charge in [0.05, 0.1) is 5.69 Å². The highest BCUT2D eigenvalue weighted by Gasteiger charge is 2.29. The van der Waals surface area contributed by atoms with Gasteiger partial charge in [-0.15, -0.1) is 0 Å². The van der Waals surface area contributed by atoms with E-state index in [2.05, 4.69) is 20.4 Å². The minimum atomic E-state index is -0.575. The molecule has 1 aliphatic rings. The fourth-order valence-electron chi connectivity index (χ4n) is 3.86. The second-order valence-electron chi connectivity index (χ2n) is 7.41. The summed E-state index contributed by atoms with van der Waals surface area (Å²) in [7, 11) is 0. The monoisotopic (exact) mass is 395 g/mol. The van der Waals surface area contributed by atoms with Crippen LogP contribution in [0.5, 0.6) is 0 Å². The first-order chi connectivity index (χ1) is 14.1. The Kier molecular flexibility index (Phi) is 5.62. The molecule has 2 amide bonds. The van der Waals surface area contributed by atoms with Crippen molar-refractivity contribution in [1.29, 1.82) is 0 Å². The molecule has 0 spiro atoms. The third-order valence-electron chi connectivity index (χ3n) is 5.34. The SMILES string of the molecule is CC(=O)NC(Cc1c[nH]c2ccccc12)C(=O)N1CCN(Cc2ccon2)CC1. The molecule has 3 heterocycles. The number of carbonyl (C=O) groups is 2. The van der Waals surface area contributed by atoms with E-state index < -0.39 is 6.04 Å². The van der Waals surface area contributed by atoms with Crippen molar-refractivity contribution in [2.24, 2.45) is 0 Å². The quantitative estimate of drug-likeness (QED) is 0.660. The molecule has 1 unspecified atom stereocenters. The molecule has 4 rings (SSSR count). The molecule has 2 N–H and O–H groups in total. The van der Waals surface area contributed by atoms with Gasteiger partial charge in [0.15, 0.2) is 0 Å². The van der Waals surface area contributed by atoms with Gasteiger partial charge in [-0.05, 0) is 11.6 Å². The fraction of sp³-hybridized carbons (Fsp3) is 0.381. The smallest absolute Gasteiger partial charge is 0.245 e. The van der Waals surface area contributed by atoms with Crippen molar-refractivity contribution in [2.45, 2.75) is 25.9 Å². The molecule has 0 saturated carbocycles. The predicted molar refractivity (Wildman–Crippen MR) is 108 cm³/mol. The molecule has 0 bridgehead atoms. The van der Waals surface area contributed by atoms with Gasteiger partial charge in [0.1, 0.15) is 12.3 Å². The number of amides is 2. The van der Waals surface area contributed by atoms with Crippen molar-refractivity contribution in [2.75, 3.05) is 26.2 Å². The molecule has 152 valence electrons. The highest BCUT2D eigenvalue weighted by atomic mass is 16.5. The summed E-state index contributed by atoms with van der Waals surface area (Å²) >= 11 is 0. The molecule has 8 heteroatoms. The van der Waals surface area contributed by atoms with Gasteiger partial charge in [0, 0.05) is 69.2 Å². The summed E-state index contributed by atoms with van der Waals surface area (Å²) < 4.78 is 4.88. The molecule has 1 aliphatic heterocycles. The van der Waals surface area contributed by atoms with Crippen LogP contribution in [0, 0.1) is 0 Å². The van der Waals surface area contributed by atoms with Crippen LogP contribution >= 0.6 is 0 Å². The summed E-state index contributed by atoms with van der Waals surface area (Å²) in [6.45, 7) is 4.94. The predicted octanol–water partition coefficient (Wildman–Crippen LogP) is 1.55. The van der Waals surface area contributed by atoms with E-state index in [1.807, 2.05) is 41.4 Å². The van der Waals surface area contributed by atoms with Crippen LogP contribution in [-0.4, -0.2) is 64.0 Å². The Hall–Kier alpha value is -3.13. The molecular weight excluding hydrogens is 370 g/mol. The second kappa shape index (κ2) is 8.48. The van der Waals surface area contributed by atoms with Crippen LogP contribution in [0.15, 0.2) is 47.3 Å². The third kappa shape index (κ3) is 4.48. The van der Waals surface area contributed by atoms with Gasteiger partial charge >= 0.3 is 0 Å². The zero-order valence-electron chi connectivity index (χ0n) is 16.4. The van der Waals surface area contributed by atoms with Crippen molar-refractivity contribution < 1.29 is 14.1 Å². The lowest BCUT2D eigenvalue weighted by molar-refractivity contribution is -0.137. The molecule has 0 radical (unpaired) electrons. The van der Waals surface area contributed by atoms with Gasteiger partial charge in [-0.3, -0.25) is 14.5 Å². The number of nitrogens with one attached hydrogen (secondary N) is 2. The average molecular weight is 395 g/mol. The number of carbonyl (C=O) groups excluding carboxylic acids is 2. The van der Waals surface area contributed by atoms with E-state index in [0.29, 0.717) is 26.1 Å². The Morgan fingerprint density at radius 1 is 1.21 bits per heavy atom. The van der Waals surface area contributed by atoms with Crippen LogP contribution in [-0.2, 0) is 22.6 Å². The number of hydrogen-bond donors (Lipinski definition) is 2. The van der Waals surface area contributed by atoms with E-state index in [9.17, 15) is 9.59 Å². The van der Waals surface area contributed by atoms with Crippen LogP contribution in [0.3, 0.4) is 0 Å². The summed E-state index contributed by atoms with van der Waals surface area (Å²) in [5.41, 5.74) is 2.94. The number of aromatic nitrogens is 2. The largest absolute Gasteiger partial charge is 0.364 e. The highest BCUT2D eigenvalue weighted by molar-refractivity contribution is 5.89. The summed E-state index contributed by atoms with van der Waals surface area (Å²) in [5.74, 6) is -0.237. The van der Waals surface area contributed by atoms with Crippen LogP contribution in [0.4, 0.5) is 0 Å². The zero-order chi connectivity index (χ0) is 20.2. The number of H-pyrrole nitrogens is 1. The number of benzene rings is 1. The molecule has 0 aliphatic carbocycles. The van der Waals surface area contributed by atoms with Crippen LogP contribution in [0.2, 0.25) is 0 Å². The van der Waals surface area contributed by atoms with E-state index in [-0.39, 0.29) is 11.8 Å². The number of aromatic amines is 1. The summed E-state index contributed by atoms with van der Waals surface area (Å²) in [6.07, 6.45) is 3.95. The Balaban J connectivity index is 1.41. The summed E-state index contributed by atoms with van der Waals surface area (Å²) in [6, 6.07) is 9.25. The Morgan fingerprint density at radius 3 is 2.72 bits per heavy atom. The minimum absolute atomic E-state index is 0.0356. The first-order valence-electron chi connectivity index (χ1n) is 9.82. The van der Waals surface area contributed by atoms with Gasteiger partial charge in [0.2, 0.25) is 11.8 Å². The topological polar surface area (TPSA) is 94.5 Å². The van der Waals surface area contributed by atoms with Crippen LogP contribution in [0.25, 0.3) is 10.9 Å². The standard InChI is InChI=1S/C21H25N5O3/c1-15(27)23-20(12-16-13-22-19-5-3-2-4-18(16)19)21(28)26-9-7-25(8-10-26)14-17-6-11-29-24-17/h2-6,11,13,20,22H,7-10,12,14H2,1H3,(H,23,27). The van der Waals surface area contributed by atoms with Crippen molar-refractivity contribution in [3.05, 3.63) is 54.0 Å². The summed E-state index contributed by atoms with van der Waals surface area (Å²) in [4.78, 5) is 32.2. The average Bonchev–Trinajstić information content (AvgIpc) is 3.37. The van der Waals surface area contributed by atoms with Crippen LogP contribution in [0.1, 0.15) is 18.2 Å². The van der Waals surface area contributed by atoms with Crippen molar-refractivity contribution >= 4 is 22.7 Å². The zero-order valence-corrected chi connectivity index (χ0v) is 16.4. The second-order valence-corrected chi connectivity index (χ2v) is 7.41. The van der Waals surface area contributed by atoms with Gasteiger partial charge < -0.3 is 19.7 Å². The number of para-hydroxylation sites is 1. The van der Waals surface area contributed by atoms with Crippen molar-refractivity contribution in [3.63, 3.8) is 0 Å². The minimum Gasteiger partial charge on any atom is -0.364 e. The summed E-state index contributed by atoms with van der Waals surface area (Å²) in [5, 5.41) is 7.87. The number of rotatable bonds is 6. The molecule has 1 aromatic carbocycles. The van der Waals surface area contributed by atoms with E-state index in [1.54, 1.807) is 6.26 Å². The lowest BCUT2D eigenvalue weighted by Gasteiger charge is -2.36. The molecule has 3 aromatic rings. The maximum Gasteiger partial charge on any atom is 0.245 e. The number of nitrogens with zero attached hydrogens (tertiary/aromatic N) is 3. The van der Waals surface area contributed by atoms with E-state index in [1.165, 1.54) is 6.92 Å². The van der Waals surface area contributed by atoms with E-state index in [4.69, 9.17) is 4.52 Å². The molecule has 2 aromatic heterocycles. The Labute approximate surface area is 168 Å². The molecule has 1 atom stereocenters. The van der Waals surface area contributed by atoms with Gasteiger partial charge in [0.25, 0.3) is 0 Å².